The van der Waals surface area contributed by atoms with E-state index in [2.05, 4.69) is 47.3 Å². The van der Waals surface area contributed by atoms with Crippen molar-refractivity contribution in [3.63, 3.8) is 0 Å². The van der Waals surface area contributed by atoms with E-state index in [0.717, 1.165) is 19.3 Å². The Labute approximate surface area is 144 Å². The molecule has 22 heavy (non-hydrogen) atoms. The minimum absolute atomic E-state index is 0.256. The van der Waals surface area contributed by atoms with E-state index in [1.54, 1.807) is 6.08 Å². The molecule has 0 aromatic rings. The fourth-order valence-electron chi connectivity index (χ4n) is 2.42. The molecule has 1 saturated heterocycles. The van der Waals surface area contributed by atoms with E-state index in [0.29, 0.717) is 4.08 Å². The lowest BCUT2D eigenvalue weighted by molar-refractivity contribution is -0.134. The molecular weight excluding hydrogens is 312 g/mol. The summed E-state index contributed by atoms with van der Waals surface area (Å²) < 4.78 is 4.94. The minimum atomic E-state index is -0.256. The van der Waals surface area contributed by atoms with Gasteiger partial charge in [-0.2, -0.15) is 0 Å². The predicted molar refractivity (Wildman–Crippen MR) is 101 cm³/mol. The Balaban J connectivity index is 2.40. The van der Waals surface area contributed by atoms with Crippen molar-refractivity contribution in [2.24, 2.45) is 0 Å². The van der Waals surface area contributed by atoms with Gasteiger partial charge in [0.2, 0.25) is 0 Å². The van der Waals surface area contributed by atoms with Crippen LogP contribution in [0.1, 0.15) is 58.3 Å². The third-order valence-corrected chi connectivity index (χ3v) is 7.22. The zero-order valence-electron chi connectivity index (χ0n) is 14.0. The lowest BCUT2D eigenvalue weighted by atomic mass is 10.1. The number of ether oxygens (including phenoxy) is 1. The first-order valence-electron chi connectivity index (χ1n) is 8.40. The largest absolute Gasteiger partial charge is 0.466 e. The van der Waals surface area contributed by atoms with Gasteiger partial charge >= 0.3 is 5.97 Å². The molecule has 0 radical (unpaired) electrons. The first-order chi connectivity index (χ1) is 10.7. The molecule has 126 valence electrons. The predicted octanol–water partition coefficient (Wildman–Crippen LogP) is 5.59. The van der Waals surface area contributed by atoms with E-state index in [-0.39, 0.29) is 5.97 Å². The van der Waals surface area contributed by atoms with Crippen LogP contribution in [0.3, 0.4) is 0 Å². The number of hydrogen-bond acceptors (Lipinski definition) is 4. The highest BCUT2D eigenvalue weighted by Crippen LogP contribution is 2.48. The number of rotatable bonds is 10. The topological polar surface area (TPSA) is 26.3 Å². The van der Waals surface area contributed by atoms with Crippen LogP contribution in [-0.2, 0) is 9.53 Å². The second-order valence-corrected chi connectivity index (χ2v) is 8.81. The number of methoxy groups -OCH3 is 1. The molecular formula is C18H30O2S2. The van der Waals surface area contributed by atoms with E-state index in [1.807, 2.05) is 6.08 Å². The molecule has 1 rings (SSSR count). The summed E-state index contributed by atoms with van der Waals surface area (Å²) in [6, 6.07) is 0. The number of carbonyl (C=O) groups is 1. The van der Waals surface area contributed by atoms with Gasteiger partial charge in [0.05, 0.1) is 11.2 Å². The lowest BCUT2D eigenvalue weighted by Crippen LogP contribution is -2.24. The van der Waals surface area contributed by atoms with Crippen LogP contribution in [0.25, 0.3) is 0 Å². The summed E-state index contributed by atoms with van der Waals surface area (Å²) in [7, 11) is 1.42. The van der Waals surface area contributed by atoms with Gasteiger partial charge in [0.25, 0.3) is 0 Å². The van der Waals surface area contributed by atoms with Crippen molar-refractivity contribution in [3.05, 3.63) is 24.3 Å². The molecule has 4 heteroatoms. The standard InChI is InChI=1S/C18H30O2S2/c1-3-4-5-6-7-9-13-18(21-15-11-16-22-18)14-10-8-12-17(19)20-2/h7-9,12H,3-6,10-11,13-16H2,1-2H3/b9-7-,12-8+. The molecule has 0 saturated carbocycles. The van der Waals surface area contributed by atoms with Crippen LogP contribution in [0.5, 0.6) is 0 Å². The van der Waals surface area contributed by atoms with Gasteiger partial charge in [-0.1, -0.05) is 38.0 Å². The van der Waals surface area contributed by atoms with E-state index >= 15 is 0 Å². The van der Waals surface area contributed by atoms with Gasteiger partial charge < -0.3 is 4.74 Å². The fourth-order valence-corrected chi connectivity index (χ4v) is 5.71. The third-order valence-electron chi connectivity index (χ3n) is 3.74. The number of allylic oxidation sites excluding steroid dienone is 3. The summed E-state index contributed by atoms with van der Waals surface area (Å²) in [5.41, 5.74) is 0. The minimum Gasteiger partial charge on any atom is -0.466 e. The maximum absolute atomic E-state index is 11.1. The number of hydrogen-bond donors (Lipinski definition) is 0. The fraction of sp³-hybridized carbons (Fsp3) is 0.722. The molecule has 0 aliphatic carbocycles. The van der Waals surface area contributed by atoms with Crippen LogP contribution in [0.2, 0.25) is 0 Å². The Morgan fingerprint density at radius 2 is 1.91 bits per heavy atom. The van der Waals surface area contributed by atoms with Gasteiger partial charge in [0.1, 0.15) is 0 Å². The van der Waals surface area contributed by atoms with Crippen molar-refractivity contribution in [1.29, 1.82) is 0 Å². The first kappa shape index (κ1) is 19.7. The normalized spacial score (nSPS) is 18.1. The summed E-state index contributed by atoms with van der Waals surface area (Å²) in [4.78, 5) is 11.1. The van der Waals surface area contributed by atoms with Crippen LogP contribution < -0.4 is 0 Å². The second kappa shape index (κ2) is 12.1. The summed E-state index contributed by atoms with van der Waals surface area (Å²) in [6.45, 7) is 2.25. The highest BCUT2D eigenvalue weighted by Gasteiger charge is 2.31. The molecule has 0 atom stereocenters. The number of thioether (sulfide) groups is 2. The summed E-state index contributed by atoms with van der Waals surface area (Å²) in [5.74, 6) is 2.27. The molecule has 0 aromatic carbocycles. The van der Waals surface area contributed by atoms with Gasteiger partial charge in [0, 0.05) is 6.08 Å². The average molecular weight is 343 g/mol. The number of unbranched alkanes of at least 4 members (excludes halogenated alkanes) is 3. The third kappa shape index (κ3) is 8.33. The van der Waals surface area contributed by atoms with Crippen LogP contribution in [0.4, 0.5) is 0 Å². The molecule has 1 aliphatic heterocycles. The maximum atomic E-state index is 11.1. The molecule has 0 aromatic heterocycles. The average Bonchev–Trinajstić information content (AvgIpc) is 2.55. The monoisotopic (exact) mass is 342 g/mol. The van der Waals surface area contributed by atoms with Gasteiger partial charge in [-0.3, -0.25) is 0 Å². The molecule has 0 unspecified atom stereocenters. The molecule has 0 amide bonds. The molecule has 0 bridgehead atoms. The van der Waals surface area contributed by atoms with Crippen molar-refractivity contribution in [2.45, 2.75) is 62.4 Å². The highest BCUT2D eigenvalue weighted by molar-refractivity contribution is 8.18. The van der Waals surface area contributed by atoms with E-state index in [9.17, 15) is 4.79 Å². The molecule has 2 nitrogen and oxygen atoms in total. The molecule has 0 spiro atoms. The second-order valence-electron chi connectivity index (χ2n) is 5.60. The van der Waals surface area contributed by atoms with Crippen LogP contribution in [0.15, 0.2) is 24.3 Å². The van der Waals surface area contributed by atoms with Gasteiger partial charge in [-0.15, -0.1) is 23.5 Å². The van der Waals surface area contributed by atoms with Crippen molar-refractivity contribution >= 4 is 29.5 Å². The number of carbonyl (C=O) groups excluding carboxylic acids is 1. The van der Waals surface area contributed by atoms with Crippen LogP contribution in [0, 0.1) is 0 Å². The Hall–Kier alpha value is -0.350. The molecule has 1 aliphatic rings. The van der Waals surface area contributed by atoms with E-state index in [4.69, 9.17) is 0 Å². The van der Waals surface area contributed by atoms with Gasteiger partial charge in [0.15, 0.2) is 0 Å². The van der Waals surface area contributed by atoms with Crippen LogP contribution in [-0.4, -0.2) is 28.7 Å². The van der Waals surface area contributed by atoms with Gasteiger partial charge in [-0.25, -0.2) is 4.79 Å². The number of esters is 1. The van der Waals surface area contributed by atoms with Gasteiger partial charge in [-0.05, 0) is 50.0 Å². The Kier molecular flexibility index (Phi) is 10.9. The smallest absolute Gasteiger partial charge is 0.330 e. The van der Waals surface area contributed by atoms with E-state index in [1.165, 1.54) is 50.7 Å². The van der Waals surface area contributed by atoms with E-state index < -0.39 is 0 Å². The zero-order valence-corrected chi connectivity index (χ0v) is 15.6. The quantitative estimate of drug-likeness (QED) is 0.224. The summed E-state index contributed by atoms with van der Waals surface area (Å²) >= 11 is 4.21. The van der Waals surface area contributed by atoms with Crippen molar-refractivity contribution in [1.82, 2.24) is 0 Å². The van der Waals surface area contributed by atoms with Crippen LogP contribution >= 0.6 is 23.5 Å². The Morgan fingerprint density at radius 3 is 2.59 bits per heavy atom. The molecule has 1 heterocycles. The first-order valence-corrected chi connectivity index (χ1v) is 10.4. The maximum Gasteiger partial charge on any atom is 0.330 e. The lowest BCUT2D eigenvalue weighted by Gasteiger charge is -2.35. The summed E-state index contributed by atoms with van der Waals surface area (Å²) in [5, 5.41) is 0. The zero-order chi connectivity index (χ0) is 16.1. The SMILES string of the molecule is CCCCC/C=C\CC1(CC/C=C/C(=O)OC)SCCCS1. The molecule has 1 fully saturated rings. The highest BCUT2D eigenvalue weighted by atomic mass is 32.2. The Morgan fingerprint density at radius 1 is 1.14 bits per heavy atom. The van der Waals surface area contributed by atoms with Crippen molar-refractivity contribution in [2.75, 3.05) is 18.6 Å². The van der Waals surface area contributed by atoms with Crippen molar-refractivity contribution in [3.8, 4) is 0 Å². The summed E-state index contributed by atoms with van der Waals surface area (Å²) in [6.07, 6.45) is 17.9. The Bertz CT molecular complexity index is 358. The van der Waals surface area contributed by atoms with Crippen molar-refractivity contribution < 1.29 is 9.53 Å². The molecule has 0 N–H and O–H groups in total.